The molecule has 3 nitrogen and oxygen atoms in total. The van der Waals surface area contributed by atoms with Crippen LogP contribution >= 0.6 is 0 Å². The molecule has 1 heterocycles. The van der Waals surface area contributed by atoms with Gasteiger partial charge < -0.3 is 5.73 Å². The Morgan fingerprint density at radius 1 is 1.67 bits per heavy atom. The molecule has 1 aromatic heterocycles. The molecule has 3 heteroatoms. The van der Waals surface area contributed by atoms with Crippen LogP contribution in [0.15, 0.2) is 12.4 Å². The number of H-pyrrole nitrogens is 1. The SMILES string of the molecule is NC1(c2cn[nH]c2)CC1. The summed E-state index contributed by atoms with van der Waals surface area (Å²) in [5, 5.41) is 6.57. The van der Waals surface area contributed by atoms with Gasteiger partial charge in [0.05, 0.1) is 6.20 Å². The first-order valence-corrected chi connectivity index (χ1v) is 3.09. The van der Waals surface area contributed by atoms with E-state index in [0.29, 0.717) is 0 Å². The molecule has 1 aromatic rings. The zero-order chi connectivity index (χ0) is 6.32. The van der Waals surface area contributed by atoms with Crippen LogP contribution in [0.2, 0.25) is 0 Å². The van der Waals surface area contributed by atoms with Crippen LogP contribution in [0, 0.1) is 0 Å². The molecule has 0 bridgehead atoms. The maximum absolute atomic E-state index is 5.85. The van der Waals surface area contributed by atoms with Crippen LogP contribution in [-0.4, -0.2) is 10.2 Å². The normalized spacial score (nSPS) is 21.9. The van der Waals surface area contributed by atoms with Gasteiger partial charge in [0.25, 0.3) is 0 Å². The van der Waals surface area contributed by atoms with Gasteiger partial charge in [0, 0.05) is 17.3 Å². The van der Waals surface area contributed by atoms with E-state index in [1.165, 1.54) is 0 Å². The average Bonchev–Trinajstić information content (AvgIpc) is 2.46. The Balaban J connectivity index is 2.34. The Hall–Kier alpha value is -0.830. The quantitative estimate of drug-likeness (QED) is 0.566. The summed E-state index contributed by atoms with van der Waals surface area (Å²) < 4.78 is 0. The first-order chi connectivity index (χ1) is 4.31. The predicted octanol–water partition coefficient (Wildman–Crippen LogP) is 0.357. The molecule has 1 fully saturated rings. The average molecular weight is 123 g/mol. The van der Waals surface area contributed by atoms with E-state index < -0.39 is 0 Å². The molecule has 1 aliphatic carbocycles. The lowest BCUT2D eigenvalue weighted by atomic mass is 10.1. The second-order valence-corrected chi connectivity index (χ2v) is 2.64. The van der Waals surface area contributed by atoms with Gasteiger partial charge in [-0.2, -0.15) is 5.10 Å². The van der Waals surface area contributed by atoms with Crippen LogP contribution in [0.1, 0.15) is 18.4 Å². The van der Waals surface area contributed by atoms with Gasteiger partial charge in [0.1, 0.15) is 0 Å². The lowest BCUT2D eigenvalue weighted by Gasteiger charge is -2.01. The monoisotopic (exact) mass is 123 g/mol. The van der Waals surface area contributed by atoms with Crippen molar-refractivity contribution >= 4 is 0 Å². The van der Waals surface area contributed by atoms with E-state index in [0.717, 1.165) is 18.4 Å². The Kier molecular flexibility index (Phi) is 0.754. The van der Waals surface area contributed by atoms with Gasteiger partial charge in [0.2, 0.25) is 0 Å². The van der Waals surface area contributed by atoms with Gasteiger partial charge in [-0.05, 0) is 12.8 Å². The summed E-state index contributed by atoms with van der Waals surface area (Å²) >= 11 is 0. The molecule has 0 aliphatic heterocycles. The van der Waals surface area contributed by atoms with Gasteiger partial charge in [-0.15, -0.1) is 0 Å². The lowest BCUT2D eigenvalue weighted by Crippen LogP contribution is -2.17. The Morgan fingerprint density at radius 2 is 2.44 bits per heavy atom. The fourth-order valence-electron chi connectivity index (χ4n) is 0.947. The fourth-order valence-corrected chi connectivity index (χ4v) is 0.947. The molecule has 0 atom stereocenters. The molecular formula is C6H9N3. The van der Waals surface area contributed by atoms with E-state index in [-0.39, 0.29) is 5.54 Å². The first kappa shape index (κ1) is 4.99. The van der Waals surface area contributed by atoms with E-state index in [1.54, 1.807) is 6.20 Å². The van der Waals surface area contributed by atoms with Crippen molar-refractivity contribution in [3.8, 4) is 0 Å². The molecule has 0 spiro atoms. The standard InChI is InChI=1S/C6H9N3/c7-6(1-2-6)5-3-8-9-4-5/h3-4H,1-2,7H2,(H,8,9). The fraction of sp³-hybridized carbons (Fsp3) is 0.500. The highest BCUT2D eigenvalue weighted by atomic mass is 15.1. The molecule has 1 aliphatic rings. The van der Waals surface area contributed by atoms with Gasteiger partial charge in [-0.1, -0.05) is 0 Å². The van der Waals surface area contributed by atoms with Crippen LogP contribution in [0.5, 0.6) is 0 Å². The van der Waals surface area contributed by atoms with Crippen molar-refractivity contribution in [3.05, 3.63) is 18.0 Å². The maximum Gasteiger partial charge on any atom is 0.0537 e. The van der Waals surface area contributed by atoms with Crippen LogP contribution < -0.4 is 5.73 Å². The van der Waals surface area contributed by atoms with Crippen LogP contribution in [0.3, 0.4) is 0 Å². The Labute approximate surface area is 53.3 Å². The minimum absolute atomic E-state index is 0.0208. The molecule has 0 unspecified atom stereocenters. The summed E-state index contributed by atoms with van der Waals surface area (Å²) in [6.07, 6.45) is 5.87. The summed E-state index contributed by atoms with van der Waals surface area (Å²) in [4.78, 5) is 0. The highest BCUT2D eigenvalue weighted by Gasteiger charge is 2.40. The molecule has 0 amide bonds. The van der Waals surface area contributed by atoms with Crippen molar-refractivity contribution in [3.63, 3.8) is 0 Å². The van der Waals surface area contributed by atoms with Crippen molar-refractivity contribution < 1.29 is 0 Å². The third-order valence-corrected chi connectivity index (χ3v) is 1.86. The molecule has 9 heavy (non-hydrogen) atoms. The van der Waals surface area contributed by atoms with E-state index in [1.807, 2.05) is 6.20 Å². The summed E-state index contributed by atoms with van der Waals surface area (Å²) in [5.74, 6) is 0. The third kappa shape index (κ3) is 0.650. The number of aromatic amines is 1. The summed E-state index contributed by atoms with van der Waals surface area (Å²) in [6.45, 7) is 0. The number of hydrogen-bond donors (Lipinski definition) is 2. The van der Waals surface area contributed by atoms with Crippen molar-refractivity contribution in [1.29, 1.82) is 0 Å². The molecule has 3 N–H and O–H groups in total. The zero-order valence-corrected chi connectivity index (χ0v) is 5.09. The van der Waals surface area contributed by atoms with Crippen LogP contribution in [-0.2, 0) is 5.54 Å². The lowest BCUT2D eigenvalue weighted by molar-refractivity contribution is 0.741. The minimum atomic E-state index is -0.0208. The smallest absolute Gasteiger partial charge is 0.0537 e. The zero-order valence-electron chi connectivity index (χ0n) is 5.09. The van der Waals surface area contributed by atoms with Gasteiger partial charge in [0.15, 0.2) is 0 Å². The summed E-state index contributed by atoms with van der Waals surface area (Å²) in [6, 6.07) is 0. The van der Waals surface area contributed by atoms with Crippen LogP contribution in [0.25, 0.3) is 0 Å². The van der Waals surface area contributed by atoms with E-state index in [9.17, 15) is 0 Å². The second kappa shape index (κ2) is 1.36. The third-order valence-electron chi connectivity index (χ3n) is 1.86. The first-order valence-electron chi connectivity index (χ1n) is 3.09. The van der Waals surface area contributed by atoms with E-state index >= 15 is 0 Å². The molecule has 48 valence electrons. The number of nitrogens with two attached hydrogens (primary N) is 1. The number of hydrogen-bond acceptors (Lipinski definition) is 2. The number of aromatic nitrogens is 2. The molecule has 0 saturated heterocycles. The molecule has 1 saturated carbocycles. The van der Waals surface area contributed by atoms with Gasteiger partial charge in [-0.3, -0.25) is 5.10 Å². The second-order valence-electron chi connectivity index (χ2n) is 2.64. The van der Waals surface area contributed by atoms with Crippen molar-refractivity contribution in [2.24, 2.45) is 5.73 Å². The van der Waals surface area contributed by atoms with Crippen molar-refractivity contribution in [2.45, 2.75) is 18.4 Å². The highest BCUT2D eigenvalue weighted by molar-refractivity contribution is 5.23. The van der Waals surface area contributed by atoms with Gasteiger partial charge in [-0.25, -0.2) is 0 Å². The van der Waals surface area contributed by atoms with Crippen molar-refractivity contribution in [1.82, 2.24) is 10.2 Å². The maximum atomic E-state index is 5.85. The van der Waals surface area contributed by atoms with E-state index in [2.05, 4.69) is 10.2 Å². The minimum Gasteiger partial charge on any atom is -0.321 e. The van der Waals surface area contributed by atoms with E-state index in [4.69, 9.17) is 5.73 Å². The topological polar surface area (TPSA) is 54.7 Å². The summed E-state index contributed by atoms with van der Waals surface area (Å²) in [5.41, 5.74) is 6.97. The number of rotatable bonds is 1. The molecule has 0 radical (unpaired) electrons. The number of nitrogens with zero attached hydrogens (tertiary/aromatic N) is 1. The Morgan fingerprint density at radius 3 is 2.89 bits per heavy atom. The highest BCUT2D eigenvalue weighted by Crippen LogP contribution is 2.41. The number of nitrogens with one attached hydrogen (secondary N) is 1. The molecule has 0 aromatic carbocycles. The molecule has 2 rings (SSSR count). The molecular weight excluding hydrogens is 114 g/mol. The largest absolute Gasteiger partial charge is 0.321 e. The van der Waals surface area contributed by atoms with Crippen molar-refractivity contribution in [2.75, 3.05) is 0 Å². The summed E-state index contributed by atoms with van der Waals surface area (Å²) in [7, 11) is 0. The Bertz CT molecular complexity index is 198. The van der Waals surface area contributed by atoms with Gasteiger partial charge >= 0.3 is 0 Å². The van der Waals surface area contributed by atoms with Crippen LogP contribution in [0.4, 0.5) is 0 Å². The predicted molar refractivity (Wildman–Crippen MR) is 33.7 cm³/mol.